The van der Waals surface area contributed by atoms with Gasteiger partial charge >= 0.3 is 0 Å². The quantitative estimate of drug-likeness (QED) is 0.508. The Morgan fingerprint density at radius 1 is 1.00 bits per heavy atom. The third-order valence-electron chi connectivity index (χ3n) is 1.94. The highest BCUT2D eigenvalue weighted by Crippen LogP contribution is 2.14. The van der Waals surface area contributed by atoms with E-state index in [9.17, 15) is 0 Å². The molecule has 0 aliphatic carbocycles. The van der Waals surface area contributed by atoms with Crippen LogP contribution in [0.25, 0.3) is 0 Å². The number of allylic oxidation sites excluding steroid dienone is 1. The van der Waals surface area contributed by atoms with Crippen LogP contribution in [0.15, 0.2) is 12.3 Å². The average molecular weight is 306 g/mol. The summed E-state index contributed by atoms with van der Waals surface area (Å²) >= 11 is 0. The van der Waals surface area contributed by atoms with Gasteiger partial charge in [-0.1, -0.05) is 6.08 Å². The molecule has 0 rings (SSSR count). The topological polar surface area (TPSA) is 21.7 Å². The van der Waals surface area contributed by atoms with Crippen molar-refractivity contribution in [1.82, 2.24) is 4.90 Å². The predicted octanol–water partition coefficient (Wildman–Crippen LogP) is 2.64. The SMILES string of the molecule is CN(C)/C=C\C[SiH2]C(O[Si](C)(C)C)O[Si](C)(C)C. The molecule has 0 unspecified atom stereocenters. The molecule has 0 spiro atoms. The van der Waals surface area contributed by atoms with Gasteiger partial charge < -0.3 is 13.8 Å². The maximum absolute atomic E-state index is 6.19. The molecule has 0 aliphatic heterocycles. The lowest BCUT2D eigenvalue weighted by atomic mass is 10.6. The molecule has 0 N–H and O–H groups in total. The molecule has 0 saturated carbocycles. The van der Waals surface area contributed by atoms with E-state index < -0.39 is 16.6 Å². The van der Waals surface area contributed by atoms with Gasteiger partial charge in [0.05, 0.1) is 9.52 Å². The van der Waals surface area contributed by atoms with Gasteiger partial charge in [-0.2, -0.15) is 0 Å². The molecule has 18 heavy (non-hydrogen) atoms. The van der Waals surface area contributed by atoms with Gasteiger partial charge in [-0.3, -0.25) is 0 Å². The Labute approximate surface area is 118 Å². The van der Waals surface area contributed by atoms with Crippen molar-refractivity contribution in [2.24, 2.45) is 0 Å². The minimum Gasteiger partial charge on any atom is -0.398 e. The van der Waals surface area contributed by atoms with Crippen LogP contribution in [0, 0.1) is 0 Å². The van der Waals surface area contributed by atoms with Crippen LogP contribution >= 0.6 is 0 Å². The molecule has 0 aromatic carbocycles. The zero-order valence-corrected chi connectivity index (χ0v) is 16.8. The fourth-order valence-corrected chi connectivity index (χ4v) is 7.77. The maximum atomic E-state index is 6.19. The van der Waals surface area contributed by atoms with Crippen molar-refractivity contribution in [3.63, 3.8) is 0 Å². The summed E-state index contributed by atoms with van der Waals surface area (Å²) < 4.78 is 12.4. The lowest BCUT2D eigenvalue weighted by Gasteiger charge is -2.31. The predicted molar refractivity (Wildman–Crippen MR) is 88.8 cm³/mol. The molecular formula is C12H31NO2Si3. The maximum Gasteiger partial charge on any atom is 0.186 e. The first-order valence-electron chi connectivity index (χ1n) is 6.68. The van der Waals surface area contributed by atoms with Crippen LogP contribution in [0.2, 0.25) is 45.3 Å². The Balaban J connectivity index is 4.30. The summed E-state index contributed by atoms with van der Waals surface area (Å²) in [4.78, 5) is 2.07. The minimum atomic E-state index is -1.50. The normalized spacial score (nSPS) is 14.3. The van der Waals surface area contributed by atoms with E-state index in [1.54, 1.807) is 0 Å². The molecule has 108 valence electrons. The number of hydrogen-bond donors (Lipinski definition) is 0. The Kier molecular flexibility index (Phi) is 7.69. The van der Waals surface area contributed by atoms with Gasteiger partial charge in [0.15, 0.2) is 16.6 Å². The van der Waals surface area contributed by atoms with Crippen LogP contribution in [-0.4, -0.2) is 51.1 Å². The Hall–Kier alpha value is 0.111. The summed E-state index contributed by atoms with van der Waals surface area (Å²) in [5, 5.41) is 0. The van der Waals surface area contributed by atoms with Gasteiger partial charge in [-0.05, 0) is 51.5 Å². The summed E-state index contributed by atoms with van der Waals surface area (Å²) in [6.45, 7) is 13.4. The molecule has 0 aliphatic rings. The average Bonchev–Trinajstić information content (AvgIpc) is 2.06. The standard InChI is InChI=1S/C12H31NO2Si3/c1-13(2)10-9-11-16-12(14-17(3,4)5)15-18(6,7)8/h9-10,12H,11,16H2,1-8H3/b10-9-. The van der Waals surface area contributed by atoms with Crippen molar-refractivity contribution in [2.75, 3.05) is 14.1 Å². The fourth-order valence-electron chi connectivity index (χ4n) is 1.45. The van der Waals surface area contributed by atoms with Crippen molar-refractivity contribution in [3.8, 4) is 0 Å². The monoisotopic (exact) mass is 305 g/mol. The zero-order chi connectivity index (χ0) is 14.4. The van der Waals surface area contributed by atoms with Gasteiger partial charge in [0.25, 0.3) is 0 Å². The summed E-state index contributed by atoms with van der Waals surface area (Å²) in [7, 11) is 0.722. The van der Waals surface area contributed by atoms with Crippen molar-refractivity contribution >= 4 is 26.2 Å². The number of rotatable bonds is 8. The van der Waals surface area contributed by atoms with Crippen molar-refractivity contribution < 1.29 is 8.85 Å². The number of hydrogen-bond acceptors (Lipinski definition) is 3. The van der Waals surface area contributed by atoms with E-state index in [-0.39, 0.29) is 15.4 Å². The highest BCUT2D eigenvalue weighted by molar-refractivity contribution is 6.71. The number of nitrogens with zero attached hydrogens (tertiary/aromatic N) is 1. The molecule has 3 nitrogen and oxygen atoms in total. The highest BCUT2D eigenvalue weighted by Gasteiger charge is 2.26. The van der Waals surface area contributed by atoms with Crippen LogP contribution in [0.3, 0.4) is 0 Å². The van der Waals surface area contributed by atoms with E-state index in [0.717, 1.165) is 6.04 Å². The molecule has 6 heteroatoms. The van der Waals surface area contributed by atoms with E-state index in [0.29, 0.717) is 0 Å². The van der Waals surface area contributed by atoms with Crippen LogP contribution < -0.4 is 0 Å². The zero-order valence-electron chi connectivity index (χ0n) is 13.4. The molecule has 0 heterocycles. The highest BCUT2D eigenvalue weighted by atomic mass is 28.4. The second-order valence-electron chi connectivity index (χ2n) is 6.82. The van der Waals surface area contributed by atoms with Crippen LogP contribution in [0.1, 0.15) is 0 Å². The Morgan fingerprint density at radius 3 is 1.78 bits per heavy atom. The van der Waals surface area contributed by atoms with Crippen molar-refractivity contribution in [2.45, 2.75) is 51.2 Å². The van der Waals surface area contributed by atoms with Gasteiger partial charge in [-0.25, -0.2) is 0 Å². The van der Waals surface area contributed by atoms with Gasteiger partial charge in [0.2, 0.25) is 0 Å². The summed E-state index contributed by atoms with van der Waals surface area (Å²) in [6.07, 6.45) is 4.35. The molecule has 0 saturated heterocycles. The second-order valence-corrected chi connectivity index (χ2v) is 17.6. The minimum absolute atomic E-state index is 0.107. The lowest BCUT2D eigenvalue weighted by Crippen LogP contribution is -2.42. The van der Waals surface area contributed by atoms with E-state index in [1.165, 1.54) is 0 Å². The second kappa shape index (κ2) is 7.64. The smallest absolute Gasteiger partial charge is 0.186 e. The largest absolute Gasteiger partial charge is 0.398 e. The summed E-state index contributed by atoms with van der Waals surface area (Å²) in [6, 6.07) is 1.14. The first-order valence-corrected chi connectivity index (χ1v) is 15.3. The molecular weight excluding hydrogens is 274 g/mol. The summed E-state index contributed by atoms with van der Waals surface area (Å²) in [5.41, 5.74) is 0. The van der Waals surface area contributed by atoms with Crippen LogP contribution in [0.5, 0.6) is 0 Å². The van der Waals surface area contributed by atoms with Gasteiger partial charge in [0, 0.05) is 14.1 Å². The van der Waals surface area contributed by atoms with E-state index in [1.807, 2.05) is 14.1 Å². The molecule has 0 bridgehead atoms. The first-order chi connectivity index (χ1) is 7.99. The van der Waals surface area contributed by atoms with Crippen molar-refractivity contribution in [1.29, 1.82) is 0 Å². The van der Waals surface area contributed by atoms with Crippen molar-refractivity contribution in [3.05, 3.63) is 12.3 Å². The molecule has 0 amide bonds. The molecule has 0 fully saturated rings. The Morgan fingerprint density at radius 2 is 1.44 bits per heavy atom. The third kappa shape index (κ3) is 12.6. The molecule has 0 aromatic rings. The third-order valence-corrected chi connectivity index (χ3v) is 6.02. The van der Waals surface area contributed by atoms with Crippen LogP contribution in [0.4, 0.5) is 0 Å². The molecule has 0 radical (unpaired) electrons. The van der Waals surface area contributed by atoms with Gasteiger partial charge in [-0.15, -0.1) is 0 Å². The molecule has 0 atom stereocenters. The van der Waals surface area contributed by atoms with E-state index in [2.05, 4.69) is 56.5 Å². The lowest BCUT2D eigenvalue weighted by molar-refractivity contribution is 0.0608. The fraction of sp³-hybridized carbons (Fsp3) is 0.833. The van der Waals surface area contributed by atoms with Crippen LogP contribution in [-0.2, 0) is 8.85 Å². The van der Waals surface area contributed by atoms with E-state index >= 15 is 0 Å². The van der Waals surface area contributed by atoms with E-state index in [4.69, 9.17) is 8.85 Å². The first kappa shape index (κ1) is 18.1. The van der Waals surface area contributed by atoms with Gasteiger partial charge in [0.1, 0.15) is 5.91 Å². The summed E-state index contributed by atoms with van der Waals surface area (Å²) in [5.74, 6) is 0.107. The Bertz CT molecular complexity index is 241. The molecule has 0 aromatic heterocycles.